The van der Waals surface area contributed by atoms with Crippen molar-refractivity contribution in [2.75, 3.05) is 19.7 Å². The van der Waals surface area contributed by atoms with Crippen LogP contribution >= 0.6 is 0 Å². The highest BCUT2D eigenvalue weighted by Crippen LogP contribution is 2.39. The minimum Gasteiger partial charge on any atom is -0.507 e. The lowest BCUT2D eigenvalue weighted by Crippen LogP contribution is -2.41. The number of aromatic hydroxyl groups is 1. The first kappa shape index (κ1) is 25.5. The summed E-state index contributed by atoms with van der Waals surface area (Å²) in [5.41, 5.74) is 2.20. The second-order valence-electron chi connectivity index (χ2n) is 9.38. The minimum atomic E-state index is -0.749. The molecule has 1 aromatic carbocycles. The number of carbonyl (C=O) groups excluding carboxylic acids is 3. The van der Waals surface area contributed by atoms with Gasteiger partial charge in [-0.05, 0) is 40.9 Å². The zero-order chi connectivity index (χ0) is 23.1. The van der Waals surface area contributed by atoms with Crippen LogP contribution in [0, 0.1) is 0 Å². The molecule has 7 nitrogen and oxygen atoms in total. The summed E-state index contributed by atoms with van der Waals surface area (Å²) in [7, 11) is 0. The molecule has 0 aliphatic heterocycles. The number of benzene rings is 1. The molecule has 7 heteroatoms. The van der Waals surface area contributed by atoms with Crippen LogP contribution in [0.4, 0.5) is 0 Å². The topological polar surface area (TPSA) is 105 Å². The van der Waals surface area contributed by atoms with Crippen molar-refractivity contribution in [3.05, 3.63) is 28.8 Å². The van der Waals surface area contributed by atoms with Gasteiger partial charge in [0.05, 0.1) is 6.54 Å². The molecule has 0 fully saturated rings. The maximum Gasteiger partial charge on any atom is 0.309 e. The van der Waals surface area contributed by atoms with Gasteiger partial charge in [0.15, 0.2) is 0 Å². The van der Waals surface area contributed by atoms with Gasteiger partial charge in [-0.15, -0.1) is 0 Å². The Morgan fingerprint density at radius 1 is 0.933 bits per heavy atom. The molecular formula is C23H36N2O5. The maximum absolute atomic E-state index is 12.1. The average molecular weight is 421 g/mol. The summed E-state index contributed by atoms with van der Waals surface area (Å²) in [6.07, 6.45) is 0.665. The number of nitrogens with one attached hydrogen (secondary N) is 2. The summed E-state index contributed by atoms with van der Waals surface area (Å²) in [6, 6.07) is 3.90. The van der Waals surface area contributed by atoms with Gasteiger partial charge >= 0.3 is 17.8 Å². The number of carbonyl (C=O) groups is 3. The lowest BCUT2D eigenvalue weighted by Gasteiger charge is -2.28. The van der Waals surface area contributed by atoms with Crippen LogP contribution in [0.3, 0.4) is 0 Å². The quantitative estimate of drug-likeness (QED) is 0.357. The summed E-state index contributed by atoms with van der Waals surface area (Å²) in [5, 5.41) is 15.6. The van der Waals surface area contributed by atoms with E-state index in [0.717, 1.165) is 16.7 Å². The predicted molar refractivity (Wildman–Crippen MR) is 116 cm³/mol. The third kappa shape index (κ3) is 7.69. The normalized spacial score (nSPS) is 11.7. The molecule has 0 unspecified atom stereocenters. The van der Waals surface area contributed by atoms with Gasteiger partial charge in [-0.25, -0.2) is 0 Å². The maximum atomic E-state index is 12.1. The second kappa shape index (κ2) is 10.5. The summed E-state index contributed by atoms with van der Waals surface area (Å²) in [6.45, 7) is 14.4. The van der Waals surface area contributed by atoms with Crippen LogP contribution in [0.1, 0.15) is 71.6 Å². The zero-order valence-electron chi connectivity index (χ0n) is 19.3. The van der Waals surface area contributed by atoms with Gasteiger partial charge in [0, 0.05) is 13.0 Å². The number of rotatable bonds is 7. The lowest BCUT2D eigenvalue weighted by atomic mass is 9.78. The van der Waals surface area contributed by atoms with Crippen LogP contribution in [0.2, 0.25) is 0 Å². The average Bonchev–Trinajstić information content (AvgIpc) is 2.62. The molecule has 168 valence electrons. The number of phenols is 1. The van der Waals surface area contributed by atoms with Gasteiger partial charge in [-0.2, -0.15) is 0 Å². The Morgan fingerprint density at radius 3 is 1.90 bits per heavy atom. The minimum absolute atomic E-state index is 0.0000381. The molecule has 0 saturated heterocycles. The SMILES string of the molecule is CCNC(=O)C(=O)NCCOC(=O)CCc1cc(C(C)(C)C)c(O)c(C(C)(C)C)c1. The first-order chi connectivity index (χ1) is 13.8. The van der Waals surface area contributed by atoms with E-state index in [1.807, 2.05) is 53.7 Å². The van der Waals surface area contributed by atoms with E-state index < -0.39 is 11.8 Å². The third-order valence-corrected chi connectivity index (χ3v) is 4.60. The summed E-state index contributed by atoms with van der Waals surface area (Å²) >= 11 is 0. The number of hydrogen-bond donors (Lipinski definition) is 3. The highest BCUT2D eigenvalue weighted by atomic mass is 16.5. The number of aryl methyl sites for hydroxylation is 1. The highest BCUT2D eigenvalue weighted by Gasteiger charge is 2.26. The second-order valence-corrected chi connectivity index (χ2v) is 9.38. The fraction of sp³-hybridized carbons (Fsp3) is 0.609. The molecule has 1 aromatic rings. The highest BCUT2D eigenvalue weighted by molar-refractivity contribution is 6.35. The Labute approximate surface area is 179 Å². The number of ether oxygens (including phenoxy) is 1. The van der Waals surface area contributed by atoms with Crippen LogP contribution in [0.5, 0.6) is 5.75 Å². The molecule has 2 amide bonds. The van der Waals surface area contributed by atoms with Gasteiger partial charge in [0.25, 0.3) is 0 Å². The number of amides is 2. The molecule has 0 radical (unpaired) electrons. The molecule has 0 heterocycles. The molecule has 0 spiro atoms. The fourth-order valence-corrected chi connectivity index (χ4v) is 2.95. The van der Waals surface area contributed by atoms with Crippen LogP contribution in [0.25, 0.3) is 0 Å². The van der Waals surface area contributed by atoms with E-state index in [-0.39, 0.29) is 36.4 Å². The van der Waals surface area contributed by atoms with Gasteiger partial charge < -0.3 is 20.5 Å². The van der Waals surface area contributed by atoms with Crippen molar-refractivity contribution >= 4 is 17.8 Å². The van der Waals surface area contributed by atoms with E-state index in [4.69, 9.17) is 4.74 Å². The smallest absolute Gasteiger partial charge is 0.309 e. The standard InChI is InChI=1S/C23H36N2O5/c1-8-24-20(28)21(29)25-11-12-30-18(26)10-9-15-13-16(22(2,3)4)19(27)17(14-15)23(5,6)7/h13-14,27H,8-12H2,1-7H3,(H,24,28)(H,25,29). The monoisotopic (exact) mass is 420 g/mol. The Kier molecular flexibility index (Phi) is 8.88. The Bertz CT molecular complexity index is 738. The molecule has 3 N–H and O–H groups in total. The van der Waals surface area contributed by atoms with Crippen molar-refractivity contribution in [1.29, 1.82) is 0 Å². The Morgan fingerprint density at radius 2 is 1.43 bits per heavy atom. The molecule has 0 aromatic heterocycles. The summed E-state index contributed by atoms with van der Waals surface area (Å²) in [5.74, 6) is -1.53. The Hall–Kier alpha value is -2.57. The fourth-order valence-electron chi connectivity index (χ4n) is 2.95. The lowest BCUT2D eigenvalue weighted by molar-refractivity contribution is -0.144. The largest absolute Gasteiger partial charge is 0.507 e. The molecular weight excluding hydrogens is 384 g/mol. The Balaban J connectivity index is 2.68. The van der Waals surface area contributed by atoms with Gasteiger partial charge in [-0.3, -0.25) is 14.4 Å². The number of phenolic OH excluding ortho intramolecular Hbond substituents is 1. The number of likely N-dealkylation sites (N-methyl/N-ethyl adjacent to an activating group) is 1. The van der Waals surface area contributed by atoms with E-state index in [1.165, 1.54) is 0 Å². The predicted octanol–water partition coefficient (Wildman–Crippen LogP) is 2.72. The van der Waals surface area contributed by atoms with E-state index in [2.05, 4.69) is 10.6 Å². The molecule has 0 aliphatic carbocycles. The molecule has 0 saturated carbocycles. The first-order valence-corrected chi connectivity index (χ1v) is 10.4. The van der Waals surface area contributed by atoms with Crippen LogP contribution in [-0.2, 0) is 36.4 Å². The van der Waals surface area contributed by atoms with Crippen LogP contribution in [-0.4, -0.2) is 42.6 Å². The third-order valence-electron chi connectivity index (χ3n) is 4.60. The van der Waals surface area contributed by atoms with Crippen LogP contribution in [0.15, 0.2) is 12.1 Å². The van der Waals surface area contributed by atoms with E-state index in [0.29, 0.717) is 18.7 Å². The summed E-state index contributed by atoms with van der Waals surface area (Å²) < 4.78 is 5.14. The number of hydrogen-bond acceptors (Lipinski definition) is 5. The molecule has 0 atom stereocenters. The molecule has 0 bridgehead atoms. The zero-order valence-corrected chi connectivity index (χ0v) is 19.3. The summed E-state index contributed by atoms with van der Waals surface area (Å²) in [4.78, 5) is 34.8. The van der Waals surface area contributed by atoms with Crippen molar-refractivity contribution in [2.45, 2.75) is 72.1 Å². The van der Waals surface area contributed by atoms with Crippen molar-refractivity contribution in [3.8, 4) is 5.75 Å². The molecule has 0 aliphatic rings. The van der Waals surface area contributed by atoms with Crippen molar-refractivity contribution in [1.82, 2.24) is 10.6 Å². The molecule has 30 heavy (non-hydrogen) atoms. The first-order valence-electron chi connectivity index (χ1n) is 10.4. The van der Waals surface area contributed by atoms with E-state index in [9.17, 15) is 19.5 Å². The van der Waals surface area contributed by atoms with Crippen molar-refractivity contribution in [3.63, 3.8) is 0 Å². The van der Waals surface area contributed by atoms with Crippen molar-refractivity contribution in [2.24, 2.45) is 0 Å². The molecule has 1 rings (SSSR count). The number of esters is 1. The van der Waals surface area contributed by atoms with Gasteiger partial charge in [0.2, 0.25) is 0 Å². The van der Waals surface area contributed by atoms with E-state index in [1.54, 1.807) is 6.92 Å². The van der Waals surface area contributed by atoms with E-state index >= 15 is 0 Å². The van der Waals surface area contributed by atoms with Crippen molar-refractivity contribution < 1.29 is 24.2 Å². The van der Waals surface area contributed by atoms with Gasteiger partial charge in [-0.1, -0.05) is 53.7 Å². The van der Waals surface area contributed by atoms with Crippen LogP contribution < -0.4 is 10.6 Å². The van der Waals surface area contributed by atoms with Gasteiger partial charge in [0.1, 0.15) is 12.4 Å².